The van der Waals surface area contributed by atoms with E-state index in [1.165, 1.54) is 12.1 Å². The number of rotatable bonds is 8. The van der Waals surface area contributed by atoms with E-state index in [2.05, 4.69) is 10.1 Å². The maximum absolute atomic E-state index is 14.6. The fourth-order valence-corrected chi connectivity index (χ4v) is 4.08. The molecule has 18 heteroatoms. The summed E-state index contributed by atoms with van der Waals surface area (Å²) >= 11 is 11.5. The van der Waals surface area contributed by atoms with Crippen molar-refractivity contribution < 1.29 is 63.0 Å². The Bertz CT molecular complexity index is 1530. The van der Waals surface area contributed by atoms with Gasteiger partial charge in [0.25, 0.3) is 11.8 Å². The molecule has 43 heavy (non-hydrogen) atoms. The predicted octanol–water partition coefficient (Wildman–Crippen LogP) is 8.54. The van der Waals surface area contributed by atoms with Crippen LogP contribution in [0.4, 0.5) is 55.3 Å². The second-order valence-corrected chi connectivity index (χ2v) is 9.13. The minimum absolute atomic E-state index is 0.00632. The molecule has 232 valence electrons. The van der Waals surface area contributed by atoms with E-state index >= 15 is 0 Å². The van der Waals surface area contributed by atoms with Crippen molar-refractivity contribution >= 4 is 46.4 Å². The zero-order valence-corrected chi connectivity index (χ0v) is 22.4. The number of para-hydroxylation sites is 1. The standard InChI is InChI=1S/C25H14Cl2F10N2O4/c1-42-19-12(3-2-4-16(19)38-21(41)13-9-11(26)5-6-15(13)28)20(40)39-18-14(27)7-10(8-17(18)43-22(29)30)23(31,24(32,33)34)25(35,36)37/h2-9,22H,1H3,(H,38,41)(H,39,40). The van der Waals surface area contributed by atoms with Crippen molar-refractivity contribution in [2.75, 3.05) is 17.7 Å². The average Bonchev–Trinajstić information content (AvgIpc) is 2.89. The summed E-state index contributed by atoms with van der Waals surface area (Å²) in [6.07, 6.45) is -13.2. The van der Waals surface area contributed by atoms with Crippen LogP contribution in [0.15, 0.2) is 48.5 Å². The number of nitrogens with one attached hydrogen (secondary N) is 2. The molecular formula is C25H14Cl2F10N2O4. The Morgan fingerprint density at radius 1 is 0.837 bits per heavy atom. The van der Waals surface area contributed by atoms with Crippen LogP contribution in [0.2, 0.25) is 10.0 Å². The summed E-state index contributed by atoms with van der Waals surface area (Å²) in [4.78, 5) is 25.7. The fraction of sp³-hybridized carbons (Fsp3) is 0.200. The Morgan fingerprint density at radius 3 is 2.00 bits per heavy atom. The number of hydrogen-bond acceptors (Lipinski definition) is 4. The minimum atomic E-state index is -6.62. The molecule has 2 amide bonds. The Morgan fingerprint density at radius 2 is 1.44 bits per heavy atom. The number of benzene rings is 3. The highest BCUT2D eigenvalue weighted by atomic mass is 35.5. The molecule has 3 rings (SSSR count). The van der Waals surface area contributed by atoms with Gasteiger partial charge in [0.05, 0.1) is 28.9 Å². The number of carbonyl (C=O) groups excluding carboxylic acids is 2. The van der Waals surface area contributed by atoms with Crippen LogP contribution in [0, 0.1) is 5.82 Å². The van der Waals surface area contributed by atoms with Gasteiger partial charge in [-0.2, -0.15) is 35.1 Å². The summed E-state index contributed by atoms with van der Waals surface area (Å²) in [5.41, 5.74) is -10.7. The highest BCUT2D eigenvalue weighted by Crippen LogP contribution is 2.55. The Balaban J connectivity index is 2.06. The lowest BCUT2D eigenvalue weighted by Crippen LogP contribution is -2.50. The highest BCUT2D eigenvalue weighted by molar-refractivity contribution is 6.34. The third-order valence-electron chi connectivity index (χ3n) is 5.57. The lowest BCUT2D eigenvalue weighted by molar-refractivity contribution is -0.348. The average molecular weight is 667 g/mol. The van der Waals surface area contributed by atoms with Crippen molar-refractivity contribution in [1.29, 1.82) is 0 Å². The van der Waals surface area contributed by atoms with Crippen molar-refractivity contribution in [3.05, 3.63) is 81.1 Å². The number of alkyl halides is 9. The zero-order chi connectivity index (χ0) is 32.5. The monoisotopic (exact) mass is 666 g/mol. The summed E-state index contributed by atoms with van der Waals surface area (Å²) < 4.78 is 143. The van der Waals surface area contributed by atoms with Gasteiger partial charge in [0, 0.05) is 10.6 Å². The second kappa shape index (κ2) is 12.4. The third-order valence-corrected chi connectivity index (χ3v) is 6.11. The molecule has 6 nitrogen and oxygen atoms in total. The SMILES string of the molecule is COc1c(NC(=O)c2cc(Cl)ccc2F)cccc1C(=O)Nc1c(Cl)cc(C(F)(C(F)(F)F)C(F)(F)F)cc1OC(F)F. The van der Waals surface area contributed by atoms with Crippen LogP contribution >= 0.6 is 23.2 Å². The lowest BCUT2D eigenvalue weighted by Gasteiger charge is -2.31. The number of halogens is 12. The number of anilines is 2. The first-order valence-corrected chi connectivity index (χ1v) is 11.9. The van der Waals surface area contributed by atoms with Crippen LogP contribution in [-0.2, 0) is 5.67 Å². The van der Waals surface area contributed by atoms with E-state index in [1.54, 1.807) is 0 Å². The Kier molecular flexibility index (Phi) is 9.65. The summed E-state index contributed by atoms with van der Waals surface area (Å²) in [5.74, 6) is -5.31. The van der Waals surface area contributed by atoms with Gasteiger partial charge >= 0.3 is 24.6 Å². The lowest BCUT2D eigenvalue weighted by atomic mass is 9.93. The first kappa shape index (κ1) is 33.6. The molecule has 0 fully saturated rings. The number of carbonyl (C=O) groups is 2. The molecule has 0 aromatic heterocycles. The molecule has 0 atom stereocenters. The van der Waals surface area contributed by atoms with Crippen molar-refractivity contribution in [2.24, 2.45) is 0 Å². The maximum Gasteiger partial charge on any atom is 0.435 e. The van der Waals surface area contributed by atoms with Gasteiger partial charge in [-0.3, -0.25) is 9.59 Å². The quantitative estimate of drug-likeness (QED) is 0.236. The summed E-state index contributed by atoms with van der Waals surface area (Å²) in [5, 5.41) is 2.89. The Hall–Kier alpha value is -3.92. The van der Waals surface area contributed by atoms with E-state index in [4.69, 9.17) is 27.9 Å². The molecule has 0 heterocycles. The van der Waals surface area contributed by atoms with Gasteiger partial charge in [-0.25, -0.2) is 8.78 Å². The first-order chi connectivity index (χ1) is 19.8. The molecule has 2 N–H and O–H groups in total. The van der Waals surface area contributed by atoms with Gasteiger partial charge in [-0.15, -0.1) is 0 Å². The van der Waals surface area contributed by atoms with E-state index in [1.807, 2.05) is 5.32 Å². The van der Waals surface area contributed by atoms with Gasteiger partial charge in [0.15, 0.2) is 11.5 Å². The second-order valence-electron chi connectivity index (χ2n) is 8.28. The van der Waals surface area contributed by atoms with Crippen molar-refractivity contribution in [3.8, 4) is 11.5 Å². The number of hydrogen-bond donors (Lipinski definition) is 2. The molecular weight excluding hydrogens is 653 g/mol. The molecule has 0 aliphatic carbocycles. The Labute approximate surface area is 244 Å². The molecule has 3 aromatic carbocycles. The number of amides is 2. The van der Waals surface area contributed by atoms with Gasteiger partial charge in [-0.1, -0.05) is 29.3 Å². The number of methoxy groups -OCH3 is 1. The maximum atomic E-state index is 14.6. The first-order valence-electron chi connectivity index (χ1n) is 11.2. The van der Waals surface area contributed by atoms with Gasteiger partial charge in [-0.05, 0) is 42.5 Å². The molecule has 0 radical (unpaired) electrons. The number of ether oxygens (including phenoxy) is 2. The van der Waals surface area contributed by atoms with E-state index in [0.717, 1.165) is 31.4 Å². The third kappa shape index (κ3) is 6.85. The summed E-state index contributed by atoms with van der Waals surface area (Å²) in [6.45, 7) is -3.88. The molecule has 0 spiro atoms. The van der Waals surface area contributed by atoms with Crippen molar-refractivity contribution in [3.63, 3.8) is 0 Å². The van der Waals surface area contributed by atoms with Crippen LogP contribution < -0.4 is 20.1 Å². The predicted molar refractivity (Wildman–Crippen MR) is 133 cm³/mol. The van der Waals surface area contributed by atoms with Crippen LogP contribution in [0.1, 0.15) is 26.3 Å². The van der Waals surface area contributed by atoms with E-state index in [9.17, 15) is 53.5 Å². The van der Waals surface area contributed by atoms with Crippen LogP contribution in [-0.4, -0.2) is 37.9 Å². The largest absolute Gasteiger partial charge is 0.494 e. The highest BCUT2D eigenvalue weighted by Gasteiger charge is 2.73. The molecule has 0 unspecified atom stereocenters. The van der Waals surface area contributed by atoms with Gasteiger partial charge in [0.1, 0.15) is 11.5 Å². The molecule has 3 aromatic rings. The van der Waals surface area contributed by atoms with E-state index < -0.39 is 81.2 Å². The zero-order valence-electron chi connectivity index (χ0n) is 20.9. The van der Waals surface area contributed by atoms with Crippen molar-refractivity contribution in [1.82, 2.24) is 0 Å². The van der Waals surface area contributed by atoms with Crippen LogP contribution in [0.3, 0.4) is 0 Å². The van der Waals surface area contributed by atoms with Crippen LogP contribution in [0.5, 0.6) is 11.5 Å². The van der Waals surface area contributed by atoms with E-state index in [-0.39, 0.29) is 22.8 Å². The molecule has 0 bridgehead atoms. The molecule has 0 saturated heterocycles. The molecule has 0 aliphatic heterocycles. The topological polar surface area (TPSA) is 76.7 Å². The molecule has 0 aliphatic rings. The summed E-state index contributed by atoms with van der Waals surface area (Å²) in [6, 6.07) is 5.94. The fourth-order valence-electron chi connectivity index (χ4n) is 3.65. The smallest absolute Gasteiger partial charge is 0.435 e. The van der Waals surface area contributed by atoms with Crippen molar-refractivity contribution in [2.45, 2.75) is 24.6 Å². The summed E-state index contributed by atoms with van der Waals surface area (Å²) in [7, 11) is 1.02. The van der Waals surface area contributed by atoms with Crippen LogP contribution in [0.25, 0.3) is 0 Å². The normalized spacial score (nSPS) is 12.2. The van der Waals surface area contributed by atoms with Gasteiger partial charge in [0.2, 0.25) is 0 Å². The van der Waals surface area contributed by atoms with Gasteiger partial charge < -0.3 is 20.1 Å². The minimum Gasteiger partial charge on any atom is -0.494 e. The van der Waals surface area contributed by atoms with E-state index in [0.29, 0.717) is 0 Å². The molecule has 0 saturated carbocycles.